The Labute approximate surface area is 293 Å². The number of thiophene rings is 1. The smallest absolute Gasteiger partial charge is 0.160 e. The molecule has 7 aromatic carbocycles. The normalized spacial score (nSPS) is 11.6. The molecule has 0 saturated carbocycles. The largest absolute Gasteiger partial charge is 0.309 e. The van der Waals surface area contributed by atoms with Crippen LogP contribution in [0.4, 0.5) is 0 Å². The number of aromatic nitrogens is 3. The first kappa shape index (κ1) is 28.6. The summed E-state index contributed by atoms with van der Waals surface area (Å²) in [7, 11) is 0. The molecule has 3 heterocycles. The molecule has 0 saturated heterocycles. The molecule has 10 rings (SSSR count). The van der Waals surface area contributed by atoms with Gasteiger partial charge >= 0.3 is 0 Å². The zero-order chi connectivity index (χ0) is 33.0. The van der Waals surface area contributed by atoms with Crippen molar-refractivity contribution in [3.63, 3.8) is 0 Å². The summed E-state index contributed by atoms with van der Waals surface area (Å²) < 4.78 is 4.90. The summed E-state index contributed by atoms with van der Waals surface area (Å²) in [4.78, 5) is 10.2. The van der Waals surface area contributed by atoms with Crippen LogP contribution in [0.1, 0.15) is 0 Å². The van der Waals surface area contributed by atoms with Crippen molar-refractivity contribution in [1.82, 2.24) is 14.5 Å². The minimum absolute atomic E-state index is 0.724. The van der Waals surface area contributed by atoms with E-state index in [1.54, 1.807) is 0 Å². The molecule has 0 amide bonds. The Hall–Kier alpha value is -6.36. The SMILES string of the molecule is c1ccc(-c2cc(-c3ccccc3)nc(-c3ccc4sc5ccc(-c6ccc7c8ccccc8n(-c8ccccc8)c7c6)cc5c4c3)n2)cc1. The van der Waals surface area contributed by atoms with Crippen LogP contribution < -0.4 is 0 Å². The fourth-order valence-corrected chi connectivity index (χ4v) is 8.26. The number of benzene rings is 7. The van der Waals surface area contributed by atoms with Gasteiger partial charge in [-0.2, -0.15) is 0 Å². The summed E-state index contributed by atoms with van der Waals surface area (Å²) in [5, 5.41) is 4.99. The molecule has 0 aliphatic heterocycles. The van der Waals surface area contributed by atoms with Crippen molar-refractivity contribution >= 4 is 53.3 Å². The van der Waals surface area contributed by atoms with Gasteiger partial charge in [-0.3, -0.25) is 0 Å². The Morgan fingerprint density at radius 1 is 0.360 bits per heavy atom. The van der Waals surface area contributed by atoms with Gasteiger partial charge in [-0.15, -0.1) is 11.3 Å². The van der Waals surface area contributed by atoms with Crippen molar-refractivity contribution < 1.29 is 0 Å². The van der Waals surface area contributed by atoms with E-state index in [2.05, 4.69) is 168 Å². The summed E-state index contributed by atoms with van der Waals surface area (Å²) in [5.74, 6) is 0.724. The lowest BCUT2D eigenvalue weighted by Crippen LogP contribution is -1.95. The first-order chi connectivity index (χ1) is 24.8. The van der Waals surface area contributed by atoms with Crippen molar-refractivity contribution in [3.8, 4) is 50.7 Å². The van der Waals surface area contributed by atoms with E-state index in [4.69, 9.17) is 9.97 Å². The zero-order valence-electron chi connectivity index (χ0n) is 27.0. The second-order valence-electron chi connectivity index (χ2n) is 12.6. The molecule has 3 aromatic heterocycles. The third kappa shape index (κ3) is 4.80. The fraction of sp³-hybridized carbons (Fsp3) is 0. The molecular formula is C46H29N3S. The van der Waals surface area contributed by atoms with Gasteiger partial charge in [0.1, 0.15) is 0 Å². The predicted molar refractivity (Wildman–Crippen MR) is 211 cm³/mol. The second-order valence-corrected chi connectivity index (χ2v) is 13.7. The Balaban J connectivity index is 1.12. The minimum Gasteiger partial charge on any atom is -0.309 e. The molecular weight excluding hydrogens is 627 g/mol. The van der Waals surface area contributed by atoms with Crippen LogP contribution in [0.2, 0.25) is 0 Å². The van der Waals surface area contributed by atoms with Crippen molar-refractivity contribution in [3.05, 3.63) is 176 Å². The number of hydrogen-bond acceptors (Lipinski definition) is 3. The quantitative estimate of drug-likeness (QED) is 0.185. The third-order valence-electron chi connectivity index (χ3n) is 9.61. The molecule has 3 nitrogen and oxygen atoms in total. The van der Waals surface area contributed by atoms with Crippen LogP contribution in [0.25, 0.3) is 92.7 Å². The maximum atomic E-state index is 5.11. The van der Waals surface area contributed by atoms with Crippen LogP contribution in [0.3, 0.4) is 0 Å². The summed E-state index contributed by atoms with van der Waals surface area (Å²) >= 11 is 1.83. The molecule has 234 valence electrons. The minimum atomic E-state index is 0.724. The van der Waals surface area contributed by atoms with Crippen molar-refractivity contribution in [2.24, 2.45) is 0 Å². The van der Waals surface area contributed by atoms with Gasteiger partial charge in [-0.25, -0.2) is 9.97 Å². The summed E-state index contributed by atoms with van der Waals surface area (Å²) in [6.07, 6.45) is 0. The Morgan fingerprint density at radius 2 is 0.880 bits per heavy atom. The van der Waals surface area contributed by atoms with Gasteiger partial charge in [-0.05, 0) is 71.8 Å². The molecule has 0 bridgehead atoms. The molecule has 0 spiro atoms. The summed E-state index contributed by atoms with van der Waals surface area (Å²) in [6, 6.07) is 62.6. The van der Waals surface area contributed by atoms with Gasteiger partial charge in [0.05, 0.1) is 22.4 Å². The maximum absolute atomic E-state index is 5.11. The molecule has 0 aliphatic carbocycles. The van der Waals surface area contributed by atoms with Gasteiger partial charge in [-0.1, -0.05) is 115 Å². The van der Waals surface area contributed by atoms with E-state index in [0.717, 1.165) is 39.6 Å². The lowest BCUT2D eigenvalue weighted by Gasteiger charge is -2.10. The molecule has 4 heteroatoms. The molecule has 50 heavy (non-hydrogen) atoms. The van der Waals surface area contributed by atoms with Gasteiger partial charge in [0.25, 0.3) is 0 Å². The molecule has 0 atom stereocenters. The molecule has 0 N–H and O–H groups in total. The highest BCUT2D eigenvalue weighted by atomic mass is 32.1. The maximum Gasteiger partial charge on any atom is 0.160 e. The van der Waals surface area contributed by atoms with Crippen LogP contribution in [-0.2, 0) is 0 Å². The van der Waals surface area contributed by atoms with E-state index >= 15 is 0 Å². The predicted octanol–water partition coefficient (Wildman–Crippen LogP) is 12.6. The number of nitrogens with zero attached hydrogens (tertiary/aromatic N) is 3. The number of rotatable bonds is 5. The van der Waals surface area contributed by atoms with E-state index in [9.17, 15) is 0 Å². The third-order valence-corrected chi connectivity index (χ3v) is 10.8. The van der Waals surface area contributed by atoms with E-state index < -0.39 is 0 Å². The molecule has 10 aromatic rings. The van der Waals surface area contributed by atoms with E-state index in [0.29, 0.717) is 0 Å². The highest BCUT2D eigenvalue weighted by Crippen LogP contribution is 2.40. The summed E-state index contributed by atoms with van der Waals surface area (Å²) in [6.45, 7) is 0. The van der Waals surface area contributed by atoms with Crippen LogP contribution >= 0.6 is 11.3 Å². The van der Waals surface area contributed by atoms with Crippen LogP contribution in [0.5, 0.6) is 0 Å². The Bertz CT molecular complexity index is 2800. The second kappa shape index (κ2) is 11.7. The standard InChI is InChI=1S/C46H29N3S/c1-4-12-30(13-5-1)40-29-41(31-14-6-2-7-15-31)48-46(47-40)34-22-25-45-39(27-34)38-26-32(21-24-44(38)50-45)33-20-23-37-36-18-10-11-19-42(36)49(43(37)28-33)35-16-8-3-9-17-35/h1-29H. The van der Waals surface area contributed by atoms with Crippen LogP contribution in [-0.4, -0.2) is 14.5 Å². The molecule has 0 unspecified atom stereocenters. The van der Waals surface area contributed by atoms with Gasteiger partial charge in [0.15, 0.2) is 5.82 Å². The molecule has 0 radical (unpaired) electrons. The lowest BCUT2D eigenvalue weighted by atomic mass is 10.0. The number of fused-ring (bicyclic) bond motifs is 6. The van der Waals surface area contributed by atoms with E-state index in [1.165, 1.54) is 53.1 Å². The van der Waals surface area contributed by atoms with Gasteiger partial charge in [0, 0.05) is 53.3 Å². The average Bonchev–Trinajstić information content (AvgIpc) is 3.73. The Kier molecular flexibility index (Phi) is 6.68. The van der Waals surface area contributed by atoms with Crippen molar-refractivity contribution in [1.29, 1.82) is 0 Å². The van der Waals surface area contributed by atoms with Crippen molar-refractivity contribution in [2.75, 3.05) is 0 Å². The van der Waals surface area contributed by atoms with Gasteiger partial charge in [0.2, 0.25) is 0 Å². The number of hydrogen-bond donors (Lipinski definition) is 0. The molecule has 0 fully saturated rings. The Morgan fingerprint density at radius 3 is 1.56 bits per heavy atom. The lowest BCUT2D eigenvalue weighted by molar-refractivity contribution is 1.18. The van der Waals surface area contributed by atoms with E-state index in [1.807, 2.05) is 23.5 Å². The number of para-hydroxylation sites is 2. The van der Waals surface area contributed by atoms with E-state index in [-0.39, 0.29) is 0 Å². The van der Waals surface area contributed by atoms with Crippen LogP contribution in [0, 0.1) is 0 Å². The fourth-order valence-electron chi connectivity index (χ4n) is 7.19. The van der Waals surface area contributed by atoms with Gasteiger partial charge < -0.3 is 4.57 Å². The monoisotopic (exact) mass is 655 g/mol. The first-order valence-electron chi connectivity index (χ1n) is 16.8. The summed E-state index contributed by atoms with van der Waals surface area (Å²) in [5.41, 5.74) is 11.0. The highest BCUT2D eigenvalue weighted by Gasteiger charge is 2.16. The zero-order valence-corrected chi connectivity index (χ0v) is 27.8. The highest BCUT2D eigenvalue weighted by molar-refractivity contribution is 7.25. The first-order valence-corrected chi connectivity index (χ1v) is 17.6. The topological polar surface area (TPSA) is 30.7 Å². The van der Waals surface area contributed by atoms with Crippen molar-refractivity contribution in [2.45, 2.75) is 0 Å². The average molecular weight is 656 g/mol. The molecule has 0 aliphatic rings. The van der Waals surface area contributed by atoms with Crippen LogP contribution in [0.15, 0.2) is 176 Å².